The first-order valence-electron chi connectivity index (χ1n) is 10.0. The summed E-state index contributed by atoms with van der Waals surface area (Å²) < 4.78 is 52.8. The van der Waals surface area contributed by atoms with E-state index in [9.17, 15) is 23.1 Å². The van der Waals surface area contributed by atoms with Gasteiger partial charge in [-0.2, -0.15) is 13.2 Å². The van der Waals surface area contributed by atoms with Crippen LogP contribution in [0.25, 0.3) is 22.4 Å². The number of halogens is 3. The van der Waals surface area contributed by atoms with Crippen molar-refractivity contribution in [3.8, 4) is 11.3 Å². The Balaban J connectivity index is 2.08. The lowest BCUT2D eigenvalue weighted by Gasteiger charge is -2.16. The second kappa shape index (κ2) is 8.45. The van der Waals surface area contributed by atoms with Crippen LogP contribution in [0.15, 0.2) is 33.7 Å². The minimum Gasteiger partial charge on any atom is -0.407 e. The standard InChI is InChI=1S/C21H26F3N3O4Si/c1-20(2,29)16-11-25-15(10-26-16)13-6-7-14(21(22,23)24)17-18(13)31-19(28)27(17)12-30-8-9-32(3,4)5/h6-7,10-11,29H,8-9,12H2,1-5H3. The molecule has 0 fully saturated rings. The molecular weight excluding hydrogens is 443 g/mol. The summed E-state index contributed by atoms with van der Waals surface area (Å²) in [6, 6.07) is 2.88. The number of nitrogens with zero attached hydrogens (tertiary/aromatic N) is 3. The van der Waals surface area contributed by atoms with Crippen LogP contribution in [0.1, 0.15) is 25.1 Å². The van der Waals surface area contributed by atoms with Gasteiger partial charge in [0.25, 0.3) is 0 Å². The average molecular weight is 470 g/mol. The van der Waals surface area contributed by atoms with Crippen LogP contribution < -0.4 is 5.76 Å². The summed E-state index contributed by atoms with van der Waals surface area (Å²) in [5, 5.41) is 10.0. The molecule has 1 N–H and O–H groups in total. The maximum atomic E-state index is 13.7. The molecule has 0 atom stereocenters. The quantitative estimate of drug-likeness (QED) is 0.401. The Morgan fingerprint density at radius 3 is 2.38 bits per heavy atom. The van der Waals surface area contributed by atoms with Gasteiger partial charge in [0, 0.05) is 20.2 Å². The molecule has 0 saturated heterocycles. The Kier molecular flexibility index (Phi) is 6.38. The van der Waals surface area contributed by atoms with Crippen LogP contribution in [0.2, 0.25) is 25.7 Å². The van der Waals surface area contributed by atoms with Crippen molar-refractivity contribution in [3.63, 3.8) is 0 Å². The molecule has 2 aromatic heterocycles. The van der Waals surface area contributed by atoms with Gasteiger partial charge in [0.15, 0.2) is 5.58 Å². The van der Waals surface area contributed by atoms with Gasteiger partial charge in [0.1, 0.15) is 17.8 Å². The summed E-state index contributed by atoms with van der Waals surface area (Å²) in [4.78, 5) is 20.8. The zero-order valence-corrected chi connectivity index (χ0v) is 19.6. The summed E-state index contributed by atoms with van der Waals surface area (Å²) in [5.41, 5.74) is -2.20. The van der Waals surface area contributed by atoms with Gasteiger partial charge in [0.05, 0.1) is 29.3 Å². The van der Waals surface area contributed by atoms with E-state index >= 15 is 0 Å². The topological polar surface area (TPSA) is 90.4 Å². The minimum atomic E-state index is -4.70. The Labute approximate surface area is 183 Å². The molecule has 0 saturated carbocycles. The molecule has 0 aliphatic rings. The lowest BCUT2D eigenvalue weighted by molar-refractivity contribution is -0.136. The molecular formula is C21H26F3N3O4Si. The van der Waals surface area contributed by atoms with Crippen molar-refractivity contribution in [1.82, 2.24) is 14.5 Å². The molecule has 7 nitrogen and oxygen atoms in total. The molecule has 0 aliphatic carbocycles. The van der Waals surface area contributed by atoms with Gasteiger partial charge in [-0.15, -0.1) is 0 Å². The van der Waals surface area contributed by atoms with Crippen molar-refractivity contribution in [1.29, 1.82) is 0 Å². The fourth-order valence-corrected chi connectivity index (χ4v) is 3.80. The molecule has 1 aromatic carbocycles. The Morgan fingerprint density at radius 1 is 1.16 bits per heavy atom. The highest BCUT2D eigenvalue weighted by Gasteiger charge is 2.36. The highest BCUT2D eigenvalue weighted by Crippen LogP contribution is 2.38. The van der Waals surface area contributed by atoms with Gasteiger partial charge < -0.3 is 14.3 Å². The van der Waals surface area contributed by atoms with Gasteiger partial charge in [0.2, 0.25) is 0 Å². The number of rotatable bonds is 7. The van der Waals surface area contributed by atoms with Gasteiger partial charge in [-0.3, -0.25) is 9.97 Å². The van der Waals surface area contributed by atoms with Crippen LogP contribution in [0.3, 0.4) is 0 Å². The molecule has 0 spiro atoms. The Bertz CT molecular complexity index is 1160. The summed E-state index contributed by atoms with van der Waals surface area (Å²) in [7, 11) is -1.41. The number of hydrogen-bond acceptors (Lipinski definition) is 6. The van der Waals surface area contributed by atoms with E-state index in [1.165, 1.54) is 32.3 Å². The van der Waals surface area contributed by atoms with Gasteiger partial charge in [-0.25, -0.2) is 9.36 Å². The van der Waals surface area contributed by atoms with Crippen LogP contribution in [-0.4, -0.2) is 34.3 Å². The highest BCUT2D eigenvalue weighted by atomic mass is 28.3. The van der Waals surface area contributed by atoms with Crippen LogP contribution in [0, 0.1) is 0 Å². The molecule has 2 heterocycles. The van der Waals surface area contributed by atoms with Gasteiger partial charge >= 0.3 is 11.9 Å². The monoisotopic (exact) mass is 469 g/mol. The number of oxazole rings is 1. The summed E-state index contributed by atoms with van der Waals surface area (Å²) >= 11 is 0. The zero-order valence-electron chi connectivity index (χ0n) is 18.6. The molecule has 0 aliphatic heterocycles. The van der Waals surface area contributed by atoms with E-state index in [0.29, 0.717) is 12.3 Å². The second-order valence-electron chi connectivity index (χ2n) is 9.33. The van der Waals surface area contributed by atoms with Crippen LogP contribution in [0.5, 0.6) is 0 Å². The van der Waals surface area contributed by atoms with Gasteiger partial charge in [-0.1, -0.05) is 19.6 Å². The third-order valence-corrected chi connectivity index (χ3v) is 6.59. The number of aliphatic hydroxyl groups is 1. The first-order valence-corrected chi connectivity index (χ1v) is 13.8. The number of aromatic nitrogens is 3. The van der Waals surface area contributed by atoms with E-state index in [1.807, 2.05) is 0 Å². The van der Waals surface area contributed by atoms with Crippen molar-refractivity contribution in [3.05, 3.63) is 46.3 Å². The van der Waals surface area contributed by atoms with E-state index in [1.54, 1.807) is 0 Å². The molecule has 0 amide bonds. The number of alkyl halides is 3. The van der Waals surface area contributed by atoms with E-state index in [0.717, 1.165) is 16.7 Å². The van der Waals surface area contributed by atoms with Crippen molar-refractivity contribution in [2.45, 2.75) is 58.0 Å². The number of hydrogen-bond donors (Lipinski definition) is 1. The summed E-state index contributed by atoms with van der Waals surface area (Å²) in [6.07, 6.45) is -2.06. The fraction of sp³-hybridized carbons (Fsp3) is 0.476. The summed E-state index contributed by atoms with van der Waals surface area (Å²) in [5.74, 6) is -0.952. The van der Waals surface area contributed by atoms with Crippen LogP contribution >= 0.6 is 0 Å². The lowest BCUT2D eigenvalue weighted by Crippen LogP contribution is -2.23. The lowest BCUT2D eigenvalue weighted by atomic mass is 10.0. The molecule has 0 radical (unpaired) electrons. The predicted octanol–water partition coefficient (Wildman–Crippen LogP) is 4.61. The molecule has 174 valence electrons. The number of fused-ring (bicyclic) bond motifs is 1. The highest BCUT2D eigenvalue weighted by molar-refractivity contribution is 6.76. The SMILES string of the molecule is CC(C)(O)c1cnc(-c2ccc(C(F)(F)F)c3c2oc(=O)n3COCC[Si](C)(C)C)cn1. The van der Waals surface area contributed by atoms with Crippen LogP contribution in [-0.2, 0) is 23.2 Å². The largest absolute Gasteiger partial charge is 0.421 e. The number of benzene rings is 1. The minimum absolute atomic E-state index is 0.181. The Morgan fingerprint density at radius 2 is 1.84 bits per heavy atom. The molecule has 0 bridgehead atoms. The normalized spacial score (nSPS) is 13.2. The smallest absolute Gasteiger partial charge is 0.407 e. The van der Waals surface area contributed by atoms with E-state index < -0.39 is 36.7 Å². The number of ether oxygens (including phenoxy) is 1. The molecule has 32 heavy (non-hydrogen) atoms. The molecule has 3 aromatic rings. The first-order chi connectivity index (χ1) is 14.7. The molecule has 3 rings (SSSR count). The maximum absolute atomic E-state index is 13.7. The molecule has 11 heteroatoms. The van der Waals surface area contributed by atoms with Crippen LogP contribution in [0.4, 0.5) is 13.2 Å². The van der Waals surface area contributed by atoms with Crippen molar-refractivity contribution in [2.24, 2.45) is 0 Å². The third kappa shape index (κ3) is 5.27. The van der Waals surface area contributed by atoms with Gasteiger partial charge in [-0.05, 0) is 32.0 Å². The zero-order chi connectivity index (χ0) is 23.9. The van der Waals surface area contributed by atoms with Crippen molar-refractivity contribution in [2.75, 3.05) is 6.61 Å². The van der Waals surface area contributed by atoms with Crippen molar-refractivity contribution < 1.29 is 27.4 Å². The average Bonchev–Trinajstić information content (AvgIpc) is 2.98. The van der Waals surface area contributed by atoms with E-state index in [2.05, 4.69) is 29.6 Å². The molecule has 0 unspecified atom stereocenters. The maximum Gasteiger partial charge on any atom is 0.421 e. The van der Waals surface area contributed by atoms with E-state index in [4.69, 9.17) is 9.15 Å². The fourth-order valence-electron chi connectivity index (χ4n) is 3.04. The second-order valence-corrected chi connectivity index (χ2v) is 14.9. The third-order valence-electron chi connectivity index (χ3n) is 4.89. The van der Waals surface area contributed by atoms with E-state index in [-0.39, 0.29) is 23.6 Å². The summed E-state index contributed by atoms with van der Waals surface area (Å²) in [6.45, 7) is 9.49. The first kappa shape index (κ1) is 24.1. The predicted molar refractivity (Wildman–Crippen MR) is 116 cm³/mol. The van der Waals surface area contributed by atoms with Crippen molar-refractivity contribution >= 4 is 19.2 Å². The Hall–Kier alpha value is -2.50.